The fourth-order valence-corrected chi connectivity index (χ4v) is 3.37. The summed E-state index contributed by atoms with van der Waals surface area (Å²) in [6.07, 6.45) is -0.0897. The smallest absolute Gasteiger partial charge is 0.303 e. The number of esters is 1. The van der Waals surface area contributed by atoms with Crippen molar-refractivity contribution in [3.63, 3.8) is 0 Å². The van der Waals surface area contributed by atoms with Crippen LogP contribution in [0.1, 0.15) is 28.4 Å². The van der Waals surface area contributed by atoms with Gasteiger partial charge in [0.05, 0.1) is 18.8 Å². The first kappa shape index (κ1) is 18.1. The maximum Gasteiger partial charge on any atom is 0.303 e. The molecule has 1 heterocycles. The van der Waals surface area contributed by atoms with Gasteiger partial charge in [0.2, 0.25) is 0 Å². The number of carbonyl (C=O) groups is 2. The Kier molecular flexibility index (Phi) is 5.38. The van der Waals surface area contributed by atoms with Crippen molar-refractivity contribution < 1.29 is 23.8 Å². The van der Waals surface area contributed by atoms with Crippen LogP contribution in [0.15, 0.2) is 36.4 Å². The maximum absolute atomic E-state index is 11.8. The van der Waals surface area contributed by atoms with E-state index in [0.717, 1.165) is 28.5 Å². The molecule has 0 spiro atoms. The number of aldehydes is 1. The average Bonchev–Trinajstić information content (AvgIpc) is 3.02. The molecule has 0 N–H and O–H groups in total. The van der Waals surface area contributed by atoms with E-state index in [0.29, 0.717) is 24.5 Å². The van der Waals surface area contributed by atoms with Gasteiger partial charge in [-0.25, -0.2) is 0 Å². The summed E-state index contributed by atoms with van der Waals surface area (Å²) < 4.78 is 16.7. The number of carbonyl (C=O) groups excluding carboxylic acids is 2. The van der Waals surface area contributed by atoms with Gasteiger partial charge in [0.25, 0.3) is 0 Å². The lowest BCUT2D eigenvalue weighted by atomic mass is 9.92. The Morgan fingerprint density at radius 3 is 2.50 bits per heavy atom. The third-order valence-electron chi connectivity index (χ3n) is 4.54. The summed E-state index contributed by atoms with van der Waals surface area (Å²) in [4.78, 5) is 23.0. The monoisotopic (exact) mass is 354 g/mol. The fraction of sp³-hybridized carbons (Fsp3) is 0.333. The van der Waals surface area contributed by atoms with Crippen LogP contribution in [-0.2, 0) is 14.3 Å². The first-order chi connectivity index (χ1) is 12.5. The SMILES string of the molecule is CC(=O)O[C@H]1COC[C@@H]1Oc1cc(C)c(-c2ccccc2)c(C)c1C=O. The highest BCUT2D eigenvalue weighted by molar-refractivity contribution is 5.88. The van der Waals surface area contributed by atoms with Crippen LogP contribution in [0.4, 0.5) is 0 Å². The van der Waals surface area contributed by atoms with Crippen molar-refractivity contribution >= 4 is 12.3 Å². The normalized spacial score (nSPS) is 19.2. The number of hydrogen-bond acceptors (Lipinski definition) is 5. The number of aryl methyl sites for hydroxylation is 1. The molecule has 3 rings (SSSR count). The second-order valence-corrected chi connectivity index (χ2v) is 6.43. The van der Waals surface area contributed by atoms with E-state index < -0.39 is 12.2 Å². The van der Waals surface area contributed by atoms with Gasteiger partial charge in [0, 0.05) is 6.92 Å². The zero-order chi connectivity index (χ0) is 18.7. The number of hydrogen-bond donors (Lipinski definition) is 0. The van der Waals surface area contributed by atoms with Gasteiger partial charge in [-0.15, -0.1) is 0 Å². The van der Waals surface area contributed by atoms with Crippen molar-refractivity contribution in [2.75, 3.05) is 13.2 Å². The molecule has 2 aromatic carbocycles. The second-order valence-electron chi connectivity index (χ2n) is 6.43. The Bertz CT molecular complexity index is 813. The van der Waals surface area contributed by atoms with Crippen LogP contribution in [0.3, 0.4) is 0 Å². The number of ether oxygens (including phenoxy) is 3. The van der Waals surface area contributed by atoms with Crippen molar-refractivity contribution in [2.24, 2.45) is 0 Å². The van der Waals surface area contributed by atoms with Gasteiger partial charge in [-0.05, 0) is 42.2 Å². The van der Waals surface area contributed by atoms with Gasteiger partial charge in [0.15, 0.2) is 18.5 Å². The van der Waals surface area contributed by atoms with E-state index >= 15 is 0 Å². The molecule has 0 unspecified atom stereocenters. The number of rotatable bonds is 5. The molecule has 136 valence electrons. The van der Waals surface area contributed by atoms with Gasteiger partial charge < -0.3 is 14.2 Å². The predicted molar refractivity (Wildman–Crippen MR) is 97.5 cm³/mol. The highest BCUT2D eigenvalue weighted by Gasteiger charge is 2.33. The molecule has 26 heavy (non-hydrogen) atoms. The Balaban J connectivity index is 1.96. The van der Waals surface area contributed by atoms with Crippen molar-refractivity contribution in [1.82, 2.24) is 0 Å². The molecule has 5 heteroatoms. The van der Waals surface area contributed by atoms with Crippen LogP contribution < -0.4 is 4.74 Å². The number of benzene rings is 2. The Morgan fingerprint density at radius 2 is 1.85 bits per heavy atom. The summed E-state index contributed by atoms with van der Waals surface area (Å²) in [5.41, 5.74) is 4.46. The summed E-state index contributed by atoms with van der Waals surface area (Å²) in [6.45, 7) is 5.87. The molecule has 1 saturated heterocycles. The van der Waals surface area contributed by atoms with Crippen LogP contribution in [-0.4, -0.2) is 37.7 Å². The summed E-state index contributed by atoms with van der Waals surface area (Å²) in [7, 11) is 0. The van der Waals surface area contributed by atoms with E-state index in [1.807, 2.05) is 50.2 Å². The minimum Gasteiger partial charge on any atom is -0.483 e. The molecule has 1 aliphatic heterocycles. The van der Waals surface area contributed by atoms with E-state index in [9.17, 15) is 9.59 Å². The molecule has 0 radical (unpaired) electrons. The van der Waals surface area contributed by atoms with Crippen molar-refractivity contribution in [1.29, 1.82) is 0 Å². The molecule has 0 aromatic heterocycles. The quantitative estimate of drug-likeness (QED) is 0.607. The van der Waals surface area contributed by atoms with E-state index in [1.54, 1.807) is 0 Å². The van der Waals surface area contributed by atoms with Gasteiger partial charge in [-0.2, -0.15) is 0 Å². The van der Waals surface area contributed by atoms with Crippen molar-refractivity contribution in [3.8, 4) is 16.9 Å². The molecule has 0 aliphatic carbocycles. The van der Waals surface area contributed by atoms with Gasteiger partial charge >= 0.3 is 5.97 Å². The summed E-state index contributed by atoms with van der Waals surface area (Å²) >= 11 is 0. The fourth-order valence-electron chi connectivity index (χ4n) is 3.37. The predicted octanol–water partition coefficient (Wildman–Crippen LogP) is 3.49. The van der Waals surface area contributed by atoms with Crippen LogP contribution in [0, 0.1) is 13.8 Å². The minimum absolute atomic E-state index is 0.292. The zero-order valence-corrected chi connectivity index (χ0v) is 15.2. The second kappa shape index (κ2) is 7.70. The van der Waals surface area contributed by atoms with Crippen LogP contribution >= 0.6 is 0 Å². The first-order valence-electron chi connectivity index (χ1n) is 8.57. The van der Waals surface area contributed by atoms with Crippen LogP contribution in [0.25, 0.3) is 11.1 Å². The molecular formula is C21H22O5. The topological polar surface area (TPSA) is 61.8 Å². The van der Waals surface area contributed by atoms with E-state index in [4.69, 9.17) is 14.2 Å². The Hall–Kier alpha value is -2.66. The van der Waals surface area contributed by atoms with E-state index in [1.165, 1.54) is 6.92 Å². The molecule has 0 saturated carbocycles. The molecule has 2 atom stereocenters. The summed E-state index contributed by atoms with van der Waals surface area (Å²) in [5, 5.41) is 0. The lowest BCUT2D eigenvalue weighted by Gasteiger charge is -2.22. The standard InChI is InChI=1S/C21H22O5/c1-13-9-18(26-20-12-24-11-19(20)25-15(3)23)17(10-22)14(2)21(13)16-7-5-4-6-8-16/h4-10,19-20H,11-12H2,1-3H3/t19-,20-/m0/s1. The average molecular weight is 354 g/mol. The highest BCUT2D eigenvalue weighted by Crippen LogP contribution is 2.35. The molecule has 5 nitrogen and oxygen atoms in total. The van der Waals surface area contributed by atoms with Crippen molar-refractivity contribution in [3.05, 3.63) is 53.1 Å². The summed E-state index contributed by atoms with van der Waals surface area (Å²) in [5.74, 6) is 0.110. The Labute approximate surface area is 152 Å². The largest absolute Gasteiger partial charge is 0.483 e. The molecular weight excluding hydrogens is 332 g/mol. The Morgan fingerprint density at radius 1 is 1.15 bits per heavy atom. The van der Waals surface area contributed by atoms with Crippen LogP contribution in [0.2, 0.25) is 0 Å². The minimum atomic E-state index is -0.471. The third-order valence-corrected chi connectivity index (χ3v) is 4.54. The lowest BCUT2D eigenvalue weighted by Crippen LogP contribution is -2.34. The van der Waals surface area contributed by atoms with E-state index in [-0.39, 0.29) is 5.97 Å². The zero-order valence-electron chi connectivity index (χ0n) is 15.2. The lowest BCUT2D eigenvalue weighted by molar-refractivity contribution is -0.149. The van der Waals surface area contributed by atoms with Crippen molar-refractivity contribution in [2.45, 2.75) is 33.0 Å². The van der Waals surface area contributed by atoms with Gasteiger partial charge in [0.1, 0.15) is 5.75 Å². The third kappa shape index (κ3) is 3.63. The molecule has 2 aromatic rings. The van der Waals surface area contributed by atoms with Gasteiger partial charge in [-0.3, -0.25) is 9.59 Å². The molecule has 1 fully saturated rings. The summed E-state index contributed by atoms with van der Waals surface area (Å²) in [6, 6.07) is 11.8. The molecule has 1 aliphatic rings. The first-order valence-corrected chi connectivity index (χ1v) is 8.57. The molecule has 0 bridgehead atoms. The highest BCUT2D eigenvalue weighted by atomic mass is 16.6. The van der Waals surface area contributed by atoms with E-state index in [2.05, 4.69) is 0 Å². The van der Waals surface area contributed by atoms with Gasteiger partial charge in [-0.1, -0.05) is 30.3 Å². The maximum atomic E-state index is 11.8. The van der Waals surface area contributed by atoms with Crippen LogP contribution in [0.5, 0.6) is 5.75 Å². The molecule has 0 amide bonds.